The molecular formula is C13H20BrN3. The molecule has 2 rings (SSSR count). The van der Waals surface area contributed by atoms with E-state index in [0.717, 1.165) is 30.1 Å². The summed E-state index contributed by atoms with van der Waals surface area (Å²) < 4.78 is 1.05. The lowest BCUT2D eigenvalue weighted by molar-refractivity contribution is 0.195. The van der Waals surface area contributed by atoms with E-state index in [0.29, 0.717) is 0 Å². The van der Waals surface area contributed by atoms with Gasteiger partial charge < -0.3 is 5.73 Å². The van der Waals surface area contributed by atoms with Crippen molar-refractivity contribution in [3.8, 4) is 0 Å². The number of nitrogens with zero attached hydrogens (tertiary/aromatic N) is 2. The lowest BCUT2D eigenvalue weighted by Gasteiger charge is -2.28. The molecule has 0 aliphatic heterocycles. The summed E-state index contributed by atoms with van der Waals surface area (Å²) in [4.78, 5) is 6.73. The maximum atomic E-state index is 5.71. The minimum atomic E-state index is 0.720. The Bertz CT molecular complexity index is 350. The topological polar surface area (TPSA) is 42.1 Å². The molecular weight excluding hydrogens is 278 g/mol. The number of hydrogen-bond donors (Lipinski definition) is 1. The Balaban J connectivity index is 2.01. The lowest BCUT2D eigenvalue weighted by Crippen LogP contribution is -2.36. The third-order valence-electron chi connectivity index (χ3n) is 3.40. The fraction of sp³-hybridized carbons (Fsp3) is 0.615. The van der Waals surface area contributed by atoms with Gasteiger partial charge in [0.05, 0.1) is 0 Å². The van der Waals surface area contributed by atoms with Gasteiger partial charge in [-0.15, -0.1) is 0 Å². The minimum absolute atomic E-state index is 0.720. The molecule has 0 saturated heterocycles. The van der Waals surface area contributed by atoms with Gasteiger partial charge in [0.2, 0.25) is 0 Å². The van der Waals surface area contributed by atoms with Gasteiger partial charge in [-0.25, -0.2) is 0 Å². The maximum absolute atomic E-state index is 5.71. The molecule has 2 N–H and O–H groups in total. The van der Waals surface area contributed by atoms with Crippen LogP contribution in [0.3, 0.4) is 0 Å². The normalized spacial score (nSPS) is 16.9. The number of hydrogen-bond acceptors (Lipinski definition) is 3. The first kappa shape index (κ1) is 13.0. The molecule has 1 saturated carbocycles. The molecule has 3 nitrogen and oxygen atoms in total. The molecule has 0 spiro atoms. The fourth-order valence-electron chi connectivity index (χ4n) is 2.60. The minimum Gasteiger partial charge on any atom is -0.329 e. The summed E-state index contributed by atoms with van der Waals surface area (Å²) in [6.45, 7) is 2.68. The van der Waals surface area contributed by atoms with Gasteiger partial charge in [-0.3, -0.25) is 9.88 Å². The van der Waals surface area contributed by atoms with Gasteiger partial charge >= 0.3 is 0 Å². The number of pyridine rings is 1. The molecule has 1 aliphatic rings. The highest BCUT2D eigenvalue weighted by atomic mass is 79.9. The molecule has 0 radical (unpaired) electrons. The van der Waals surface area contributed by atoms with E-state index in [4.69, 9.17) is 5.73 Å². The quantitative estimate of drug-likeness (QED) is 0.908. The van der Waals surface area contributed by atoms with Crippen molar-refractivity contribution in [2.45, 2.75) is 38.3 Å². The van der Waals surface area contributed by atoms with Gasteiger partial charge in [0.15, 0.2) is 0 Å². The zero-order chi connectivity index (χ0) is 12.1. The van der Waals surface area contributed by atoms with Crippen LogP contribution in [0.2, 0.25) is 0 Å². The van der Waals surface area contributed by atoms with Crippen molar-refractivity contribution in [3.05, 3.63) is 28.5 Å². The molecule has 1 aromatic heterocycles. The van der Waals surface area contributed by atoms with E-state index in [9.17, 15) is 0 Å². The van der Waals surface area contributed by atoms with Crippen LogP contribution >= 0.6 is 15.9 Å². The van der Waals surface area contributed by atoms with Crippen LogP contribution in [0.1, 0.15) is 31.2 Å². The van der Waals surface area contributed by atoms with Crippen molar-refractivity contribution < 1.29 is 0 Å². The molecule has 0 amide bonds. The largest absolute Gasteiger partial charge is 0.329 e. The van der Waals surface area contributed by atoms with E-state index in [1.165, 1.54) is 31.2 Å². The molecule has 0 bridgehead atoms. The number of aromatic nitrogens is 1. The Morgan fingerprint density at radius 1 is 1.35 bits per heavy atom. The molecule has 1 heterocycles. The summed E-state index contributed by atoms with van der Waals surface area (Å²) in [5, 5.41) is 0. The standard InChI is InChI=1S/C13H20BrN3/c14-12-7-11(8-16-9-12)10-17(6-5-15)13-3-1-2-4-13/h7-9,13H,1-6,10,15H2. The number of halogens is 1. The molecule has 1 fully saturated rings. The zero-order valence-corrected chi connectivity index (χ0v) is 11.7. The first-order valence-electron chi connectivity index (χ1n) is 6.33. The van der Waals surface area contributed by atoms with Crippen molar-refractivity contribution in [3.63, 3.8) is 0 Å². The van der Waals surface area contributed by atoms with E-state index >= 15 is 0 Å². The number of nitrogens with two attached hydrogens (primary N) is 1. The molecule has 0 unspecified atom stereocenters. The molecule has 0 aromatic carbocycles. The van der Waals surface area contributed by atoms with E-state index < -0.39 is 0 Å². The van der Waals surface area contributed by atoms with Gasteiger partial charge in [0.25, 0.3) is 0 Å². The Hall–Kier alpha value is -0.450. The SMILES string of the molecule is NCCN(Cc1cncc(Br)c1)C1CCCC1. The predicted octanol–water partition coefficient (Wildman–Crippen LogP) is 2.55. The lowest BCUT2D eigenvalue weighted by atomic mass is 10.1. The predicted molar refractivity (Wildman–Crippen MR) is 73.7 cm³/mol. The first-order chi connectivity index (χ1) is 8.29. The molecule has 0 atom stereocenters. The van der Waals surface area contributed by atoms with Crippen LogP contribution in [0.15, 0.2) is 22.9 Å². The summed E-state index contributed by atoms with van der Waals surface area (Å²) in [6.07, 6.45) is 9.14. The second-order valence-electron chi connectivity index (χ2n) is 4.71. The summed E-state index contributed by atoms with van der Waals surface area (Å²) in [6, 6.07) is 2.86. The van der Waals surface area contributed by atoms with Crippen LogP contribution < -0.4 is 5.73 Å². The third kappa shape index (κ3) is 3.76. The fourth-order valence-corrected chi connectivity index (χ4v) is 3.02. The third-order valence-corrected chi connectivity index (χ3v) is 3.84. The van der Waals surface area contributed by atoms with E-state index in [1.807, 2.05) is 12.4 Å². The summed E-state index contributed by atoms with van der Waals surface area (Å²) in [5.41, 5.74) is 6.98. The van der Waals surface area contributed by atoms with Crippen LogP contribution in [0.4, 0.5) is 0 Å². The highest BCUT2D eigenvalue weighted by Crippen LogP contribution is 2.24. The first-order valence-corrected chi connectivity index (χ1v) is 7.12. The van der Waals surface area contributed by atoms with Crippen LogP contribution in [-0.4, -0.2) is 29.0 Å². The monoisotopic (exact) mass is 297 g/mol. The highest BCUT2D eigenvalue weighted by molar-refractivity contribution is 9.10. The summed E-state index contributed by atoms with van der Waals surface area (Å²) in [7, 11) is 0. The smallest absolute Gasteiger partial charge is 0.0410 e. The zero-order valence-electron chi connectivity index (χ0n) is 10.1. The Morgan fingerprint density at radius 3 is 2.76 bits per heavy atom. The van der Waals surface area contributed by atoms with E-state index in [-0.39, 0.29) is 0 Å². The number of rotatable bonds is 5. The summed E-state index contributed by atoms with van der Waals surface area (Å²) >= 11 is 3.47. The maximum Gasteiger partial charge on any atom is 0.0410 e. The van der Waals surface area contributed by atoms with Crippen molar-refractivity contribution in [1.29, 1.82) is 0 Å². The van der Waals surface area contributed by atoms with E-state index in [1.54, 1.807) is 0 Å². The van der Waals surface area contributed by atoms with Crippen molar-refractivity contribution in [1.82, 2.24) is 9.88 Å². The summed E-state index contributed by atoms with van der Waals surface area (Å²) in [5.74, 6) is 0. The van der Waals surface area contributed by atoms with Crippen molar-refractivity contribution >= 4 is 15.9 Å². The van der Waals surface area contributed by atoms with Crippen molar-refractivity contribution in [2.24, 2.45) is 5.73 Å². The molecule has 1 aliphatic carbocycles. The van der Waals surface area contributed by atoms with Gasteiger partial charge in [-0.05, 0) is 40.4 Å². The van der Waals surface area contributed by atoms with Gasteiger partial charge in [-0.1, -0.05) is 12.8 Å². The second kappa shape index (κ2) is 6.47. The van der Waals surface area contributed by atoms with E-state index in [2.05, 4.69) is 31.9 Å². The molecule has 4 heteroatoms. The van der Waals surface area contributed by atoms with Gasteiger partial charge in [-0.2, -0.15) is 0 Å². The Labute approximate surface area is 112 Å². The second-order valence-corrected chi connectivity index (χ2v) is 5.62. The molecule has 17 heavy (non-hydrogen) atoms. The van der Waals surface area contributed by atoms with Crippen LogP contribution in [0, 0.1) is 0 Å². The average molecular weight is 298 g/mol. The van der Waals surface area contributed by atoms with Crippen LogP contribution in [0.25, 0.3) is 0 Å². The highest BCUT2D eigenvalue weighted by Gasteiger charge is 2.21. The molecule has 1 aromatic rings. The Morgan fingerprint density at radius 2 is 2.12 bits per heavy atom. The van der Waals surface area contributed by atoms with Crippen molar-refractivity contribution in [2.75, 3.05) is 13.1 Å². The van der Waals surface area contributed by atoms with Gasteiger partial charge in [0.1, 0.15) is 0 Å². The molecule has 94 valence electrons. The average Bonchev–Trinajstić information content (AvgIpc) is 2.82. The van der Waals surface area contributed by atoms with Gasteiger partial charge in [0, 0.05) is 42.5 Å². The Kier molecular flexibility index (Phi) is 4.95. The van der Waals surface area contributed by atoms with Crippen LogP contribution in [0.5, 0.6) is 0 Å². The van der Waals surface area contributed by atoms with Crippen LogP contribution in [-0.2, 0) is 6.54 Å².